The fourth-order valence-electron chi connectivity index (χ4n) is 3.65. The van der Waals surface area contributed by atoms with Crippen LogP contribution in [0.3, 0.4) is 0 Å². The number of nitrogens with zero attached hydrogens (tertiary/aromatic N) is 1. The van der Waals surface area contributed by atoms with Gasteiger partial charge in [0.15, 0.2) is 0 Å². The summed E-state index contributed by atoms with van der Waals surface area (Å²) in [7, 11) is 0. The van der Waals surface area contributed by atoms with Crippen molar-refractivity contribution < 1.29 is 4.79 Å². The summed E-state index contributed by atoms with van der Waals surface area (Å²) in [5.41, 5.74) is 1.97. The summed E-state index contributed by atoms with van der Waals surface area (Å²) in [6.45, 7) is 2.98. The van der Waals surface area contributed by atoms with Gasteiger partial charge >= 0.3 is 0 Å². The van der Waals surface area contributed by atoms with Gasteiger partial charge in [-0.2, -0.15) is 0 Å². The third-order valence-corrected chi connectivity index (χ3v) is 5.55. The van der Waals surface area contributed by atoms with Crippen molar-refractivity contribution in [2.24, 2.45) is 5.92 Å². The number of carbonyl (C=O) groups is 1. The molecule has 1 saturated carbocycles. The lowest BCUT2D eigenvalue weighted by Gasteiger charge is -2.38. The molecule has 0 N–H and O–H groups in total. The molecule has 102 valence electrons. The first-order valence-corrected chi connectivity index (χ1v) is 8.03. The molecule has 0 radical (unpaired) electrons. The van der Waals surface area contributed by atoms with Crippen LogP contribution >= 0.6 is 15.9 Å². The minimum absolute atomic E-state index is 0.229. The predicted molar refractivity (Wildman–Crippen MR) is 80.3 cm³/mol. The normalized spacial score (nSPS) is 26.3. The van der Waals surface area contributed by atoms with E-state index in [1.54, 1.807) is 0 Å². The van der Waals surface area contributed by atoms with E-state index in [2.05, 4.69) is 20.8 Å². The van der Waals surface area contributed by atoms with Crippen LogP contribution in [0.5, 0.6) is 0 Å². The van der Waals surface area contributed by atoms with Crippen LogP contribution in [0.1, 0.15) is 48.0 Å². The lowest BCUT2D eigenvalue weighted by Crippen LogP contribution is -2.46. The van der Waals surface area contributed by atoms with Crippen LogP contribution in [0.15, 0.2) is 22.7 Å². The number of likely N-dealkylation sites (tertiary alicyclic amines) is 1. The van der Waals surface area contributed by atoms with Crippen molar-refractivity contribution in [1.29, 1.82) is 0 Å². The van der Waals surface area contributed by atoms with Crippen LogP contribution < -0.4 is 0 Å². The number of hydrogen-bond donors (Lipinski definition) is 0. The zero-order chi connectivity index (χ0) is 13.4. The van der Waals surface area contributed by atoms with Gasteiger partial charge in [0.05, 0.1) is 0 Å². The molecule has 1 heterocycles. The van der Waals surface area contributed by atoms with Gasteiger partial charge < -0.3 is 4.90 Å². The molecule has 2 nitrogen and oxygen atoms in total. The molecule has 1 aliphatic heterocycles. The third kappa shape index (κ3) is 2.45. The highest BCUT2D eigenvalue weighted by Crippen LogP contribution is 2.37. The van der Waals surface area contributed by atoms with Crippen LogP contribution in [-0.4, -0.2) is 23.4 Å². The second kappa shape index (κ2) is 5.28. The molecule has 1 amide bonds. The zero-order valence-electron chi connectivity index (χ0n) is 11.4. The van der Waals surface area contributed by atoms with Gasteiger partial charge in [0, 0.05) is 22.6 Å². The molecular formula is C16H20BrNO. The van der Waals surface area contributed by atoms with Gasteiger partial charge in [-0.25, -0.2) is 0 Å². The lowest BCUT2D eigenvalue weighted by atomic mass is 9.91. The number of benzene rings is 1. The summed E-state index contributed by atoms with van der Waals surface area (Å²) in [5.74, 6) is 0.987. The first-order valence-electron chi connectivity index (χ1n) is 7.24. The Morgan fingerprint density at radius 1 is 1.26 bits per heavy atom. The molecule has 2 atom stereocenters. The maximum atomic E-state index is 12.7. The first kappa shape index (κ1) is 13.2. The summed E-state index contributed by atoms with van der Waals surface area (Å²) < 4.78 is 1.07. The van der Waals surface area contributed by atoms with Gasteiger partial charge in [-0.1, -0.05) is 22.4 Å². The van der Waals surface area contributed by atoms with E-state index < -0.39 is 0 Å². The Morgan fingerprint density at radius 2 is 2.05 bits per heavy atom. The van der Waals surface area contributed by atoms with E-state index in [4.69, 9.17) is 0 Å². The Bertz CT molecular complexity index is 500. The lowest BCUT2D eigenvalue weighted by molar-refractivity contribution is 0.0548. The molecule has 19 heavy (non-hydrogen) atoms. The summed E-state index contributed by atoms with van der Waals surface area (Å²) in [6, 6.07) is 6.44. The minimum atomic E-state index is 0.229. The molecule has 2 aliphatic rings. The van der Waals surface area contributed by atoms with E-state index >= 15 is 0 Å². The quantitative estimate of drug-likeness (QED) is 0.760. The fourth-order valence-corrected chi connectivity index (χ4v) is 3.90. The highest BCUT2D eigenvalue weighted by Gasteiger charge is 2.37. The van der Waals surface area contributed by atoms with Crippen molar-refractivity contribution in [1.82, 2.24) is 4.90 Å². The maximum absolute atomic E-state index is 12.7. The zero-order valence-corrected chi connectivity index (χ0v) is 12.9. The molecule has 1 aliphatic carbocycles. The van der Waals surface area contributed by atoms with E-state index in [-0.39, 0.29) is 5.91 Å². The largest absolute Gasteiger partial charge is 0.335 e. The van der Waals surface area contributed by atoms with E-state index in [0.717, 1.165) is 28.1 Å². The molecule has 1 aromatic rings. The SMILES string of the molecule is Cc1cc(C(=O)N2CCCC3CCCC32)ccc1Br. The Morgan fingerprint density at radius 3 is 2.84 bits per heavy atom. The number of hydrogen-bond acceptors (Lipinski definition) is 1. The molecule has 0 bridgehead atoms. The van der Waals surface area contributed by atoms with Crippen LogP contribution in [0.4, 0.5) is 0 Å². The molecular weight excluding hydrogens is 302 g/mol. The maximum Gasteiger partial charge on any atom is 0.254 e. The van der Waals surface area contributed by atoms with Crippen molar-refractivity contribution in [3.05, 3.63) is 33.8 Å². The summed E-state index contributed by atoms with van der Waals surface area (Å²) in [5, 5.41) is 0. The van der Waals surface area contributed by atoms with Gasteiger partial charge in [-0.15, -0.1) is 0 Å². The Balaban J connectivity index is 1.84. The Kier molecular flexibility index (Phi) is 3.66. The van der Waals surface area contributed by atoms with E-state index in [0.29, 0.717) is 6.04 Å². The number of amides is 1. The van der Waals surface area contributed by atoms with Gasteiger partial charge in [-0.3, -0.25) is 4.79 Å². The van der Waals surface area contributed by atoms with E-state index in [1.807, 2.05) is 25.1 Å². The van der Waals surface area contributed by atoms with E-state index in [9.17, 15) is 4.79 Å². The molecule has 1 aromatic carbocycles. The van der Waals surface area contributed by atoms with Gasteiger partial charge in [-0.05, 0) is 62.3 Å². The molecule has 1 saturated heterocycles. The van der Waals surface area contributed by atoms with Crippen LogP contribution in [0, 0.1) is 12.8 Å². The standard InChI is InChI=1S/C16H20BrNO/c1-11-10-13(7-8-14(11)17)16(19)18-9-3-5-12-4-2-6-15(12)18/h7-8,10,12,15H,2-6,9H2,1H3. The van der Waals surface area contributed by atoms with Gasteiger partial charge in [0.1, 0.15) is 0 Å². The average Bonchev–Trinajstić information content (AvgIpc) is 2.89. The summed E-state index contributed by atoms with van der Waals surface area (Å²) in [6.07, 6.45) is 6.29. The molecule has 2 unspecified atom stereocenters. The molecule has 0 aromatic heterocycles. The second-order valence-electron chi connectivity index (χ2n) is 5.86. The number of fused-ring (bicyclic) bond motifs is 1. The highest BCUT2D eigenvalue weighted by molar-refractivity contribution is 9.10. The third-order valence-electron chi connectivity index (χ3n) is 4.66. The number of aryl methyl sites for hydroxylation is 1. The minimum Gasteiger partial charge on any atom is -0.335 e. The Hall–Kier alpha value is -0.830. The van der Waals surface area contributed by atoms with Gasteiger partial charge in [0.2, 0.25) is 0 Å². The Labute approximate surface area is 123 Å². The molecule has 2 fully saturated rings. The summed E-state index contributed by atoms with van der Waals surface area (Å²) in [4.78, 5) is 14.9. The molecule has 3 heteroatoms. The number of rotatable bonds is 1. The molecule has 3 rings (SSSR count). The number of piperidine rings is 1. The van der Waals surface area contributed by atoms with E-state index in [1.165, 1.54) is 32.1 Å². The smallest absolute Gasteiger partial charge is 0.254 e. The van der Waals surface area contributed by atoms with Gasteiger partial charge in [0.25, 0.3) is 5.91 Å². The fraction of sp³-hybridized carbons (Fsp3) is 0.562. The van der Waals surface area contributed by atoms with Crippen LogP contribution in [-0.2, 0) is 0 Å². The molecule has 0 spiro atoms. The van der Waals surface area contributed by atoms with Crippen molar-refractivity contribution in [3.8, 4) is 0 Å². The number of halogens is 1. The predicted octanol–water partition coefficient (Wildman–Crippen LogP) is 4.16. The second-order valence-corrected chi connectivity index (χ2v) is 6.72. The van der Waals surface area contributed by atoms with Crippen molar-refractivity contribution in [3.63, 3.8) is 0 Å². The van der Waals surface area contributed by atoms with Crippen molar-refractivity contribution in [2.45, 2.75) is 45.1 Å². The summed E-state index contributed by atoms with van der Waals surface area (Å²) >= 11 is 3.49. The highest BCUT2D eigenvalue weighted by atomic mass is 79.9. The van der Waals surface area contributed by atoms with Crippen LogP contribution in [0.2, 0.25) is 0 Å². The number of carbonyl (C=O) groups excluding carboxylic acids is 1. The van der Waals surface area contributed by atoms with Crippen molar-refractivity contribution >= 4 is 21.8 Å². The van der Waals surface area contributed by atoms with Crippen molar-refractivity contribution in [2.75, 3.05) is 6.54 Å². The average molecular weight is 322 g/mol. The van der Waals surface area contributed by atoms with Crippen LogP contribution in [0.25, 0.3) is 0 Å². The monoisotopic (exact) mass is 321 g/mol. The first-order chi connectivity index (χ1) is 9.16. The topological polar surface area (TPSA) is 20.3 Å².